The molecule has 0 saturated carbocycles. The van der Waals surface area contributed by atoms with Crippen LogP contribution in [0.25, 0.3) is 0 Å². The van der Waals surface area contributed by atoms with E-state index in [0.29, 0.717) is 12.0 Å². The molecule has 0 bridgehead atoms. The van der Waals surface area contributed by atoms with Crippen LogP contribution in [0.1, 0.15) is 35.5 Å². The molecule has 0 amide bonds. The van der Waals surface area contributed by atoms with Crippen LogP contribution in [-0.4, -0.2) is 11.5 Å². The van der Waals surface area contributed by atoms with Crippen molar-refractivity contribution in [2.45, 2.75) is 33.2 Å². The van der Waals surface area contributed by atoms with Gasteiger partial charge in [0.2, 0.25) is 0 Å². The third kappa shape index (κ3) is 4.08. The van der Waals surface area contributed by atoms with Crippen LogP contribution in [0.2, 0.25) is 0 Å². The second-order valence-electron chi connectivity index (χ2n) is 5.23. The summed E-state index contributed by atoms with van der Waals surface area (Å²) in [7, 11) is 0. The van der Waals surface area contributed by atoms with Crippen LogP contribution >= 0.6 is 0 Å². The SMILES string of the molecule is CCNC(Cc1ccc(F)cc1F)c1cc(C)nc(C)c1. The summed E-state index contributed by atoms with van der Waals surface area (Å²) < 4.78 is 26.8. The minimum atomic E-state index is -0.549. The Morgan fingerprint density at radius 3 is 2.33 bits per heavy atom. The van der Waals surface area contributed by atoms with Crippen LogP contribution in [0.15, 0.2) is 30.3 Å². The van der Waals surface area contributed by atoms with Gasteiger partial charge in [0, 0.05) is 23.5 Å². The zero-order valence-electron chi connectivity index (χ0n) is 12.6. The first-order valence-electron chi connectivity index (χ1n) is 7.12. The fourth-order valence-corrected chi connectivity index (χ4v) is 2.53. The Morgan fingerprint density at radius 1 is 1.10 bits per heavy atom. The van der Waals surface area contributed by atoms with Gasteiger partial charge in [0.25, 0.3) is 0 Å². The number of pyridine rings is 1. The highest BCUT2D eigenvalue weighted by molar-refractivity contribution is 5.27. The summed E-state index contributed by atoms with van der Waals surface area (Å²) in [5, 5.41) is 3.36. The molecule has 0 aliphatic heterocycles. The van der Waals surface area contributed by atoms with Gasteiger partial charge in [-0.1, -0.05) is 13.0 Å². The largest absolute Gasteiger partial charge is 0.310 e. The van der Waals surface area contributed by atoms with E-state index in [4.69, 9.17) is 0 Å². The highest BCUT2D eigenvalue weighted by Gasteiger charge is 2.15. The van der Waals surface area contributed by atoms with Crippen LogP contribution < -0.4 is 5.32 Å². The Kier molecular flexibility index (Phi) is 5.02. The monoisotopic (exact) mass is 290 g/mol. The molecule has 0 radical (unpaired) electrons. The third-order valence-corrected chi connectivity index (χ3v) is 3.40. The van der Waals surface area contributed by atoms with E-state index in [1.807, 2.05) is 32.9 Å². The lowest BCUT2D eigenvalue weighted by atomic mass is 9.98. The van der Waals surface area contributed by atoms with Gasteiger partial charge in [0.05, 0.1) is 0 Å². The fraction of sp³-hybridized carbons (Fsp3) is 0.353. The number of hydrogen-bond donors (Lipinski definition) is 1. The predicted molar refractivity (Wildman–Crippen MR) is 80.2 cm³/mol. The molecule has 4 heteroatoms. The molecule has 0 aliphatic carbocycles. The van der Waals surface area contributed by atoms with E-state index >= 15 is 0 Å². The Labute approximate surface area is 124 Å². The van der Waals surface area contributed by atoms with E-state index < -0.39 is 11.6 Å². The number of nitrogens with zero attached hydrogens (tertiary/aromatic N) is 1. The van der Waals surface area contributed by atoms with E-state index in [1.165, 1.54) is 12.1 Å². The molecule has 1 heterocycles. The van der Waals surface area contributed by atoms with Crippen LogP contribution in [-0.2, 0) is 6.42 Å². The molecular formula is C17H20F2N2. The molecule has 1 unspecified atom stereocenters. The molecule has 2 nitrogen and oxygen atoms in total. The van der Waals surface area contributed by atoms with Gasteiger partial charge in [-0.25, -0.2) is 8.78 Å². The van der Waals surface area contributed by atoms with Gasteiger partial charge in [-0.2, -0.15) is 0 Å². The zero-order valence-corrected chi connectivity index (χ0v) is 12.6. The minimum absolute atomic E-state index is 0.0182. The summed E-state index contributed by atoms with van der Waals surface area (Å²) in [4.78, 5) is 4.36. The maximum Gasteiger partial charge on any atom is 0.129 e. The number of halogens is 2. The lowest BCUT2D eigenvalue weighted by Crippen LogP contribution is -2.23. The van der Waals surface area contributed by atoms with Crippen molar-refractivity contribution in [1.29, 1.82) is 0 Å². The van der Waals surface area contributed by atoms with Gasteiger partial charge in [-0.05, 0) is 56.1 Å². The number of aromatic nitrogens is 1. The van der Waals surface area contributed by atoms with Crippen LogP contribution in [0.4, 0.5) is 8.78 Å². The van der Waals surface area contributed by atoms with E-state index in [0.717, 1.165) is 29.6 Å². The lowest BCUT2D eigenvalue weighted by Gasteiger charge is -2.20. The molecule has 0 aliphatic rings. The molecule has 0 fully saturated rings. The van der Waals surface area contributed by atoms with Gasteiger partial charge in [-0.3, -0.25) is 4.98 Å². The van der Waals surface area contributed by atoms with E-state index in [1.54, 1.807) is 0 Å². The molecule has 0 saturated heterocycles. The number of nitrogens with one attached hydrogen (secondary N) is 1. The Hall–Kier alpha value is -1.81. The van der Waals surface area contributed by atoms with Crippen molar-refractivity contribution >= 4 is 0 Å². The second-order valence-corrected chi connectivity index (χ2v) is 5.23. The summed E-state index contributed by atoms with van der Waals surface area (Å²) in [5.41, 5.74) is 3.46. The molecule has 21 heavy (non-hydrogen) atoms. The third-order valence-electron chi connectivity index (χ3n) is 3.40. The lowest BCUT2D eigenvalue weighted by molar-refractivity contribution is 0.520. The van der Waals surface area contributed by atoms with Crippen molar-refractivity contribution in [1.82, 2.24) is 10.3 Å². The molecule has 1 aromatic carbocycles. The predicted octanol–water partition coefficient (Wildman–Crippen LogP) is 3.87. The molecule has 1 aromatic heterocycles. The number of hydrogen-bond acceptors (Lipinski definition) is 2. The van der Waals surface area contributed by atoms with Crippen LogP contribution in [0.5, 0.6) is 0 Å². The average Bonchev–Trinajstić information content (AvgIpc) is 2.40. The smallest absolute Gasteiger partial charge is 0.129 e. The number of rotatable bonds is 5. The van der Waals surface area contributed by atoms with Crippen LogP contribution in [0.3, 0.4) is 0 Å². The summed E-state index contributed by atoms with van der Waals surface area (Å²) in [6.45, 7) is 6.67. The standard InChI is InChI=1S/C17H20F2N2/c1-4-20-17(14-7-11(2)21-12(3)8-14)9-13-5-6-15(18)10-16(13)19/h5-8,10,17,20H,4,9H2,1-3H3. The van der Waals surface area contributed by atoms with Crippen molar-refractivity contribution < 1.29 is 8.78 Å². The first kappa shape index (κ1) is 15.6. The summed E-state index contributed by atoms with van der Waals surface area (Å²) in [6.07, 6.45) is 0.475. The molecule has 112 valence electrons. The maximum absolute atomic E-state index is 13.8. The van der Waals surface area contributed by atoms with Crippen LogP contribution in [0, 0.1) is 25.5 Å². The van der Waals surface area contributed by atoms with Gasteiger partial charge in [0.1, 0.15) is 11.6 Å². The maximum atomic E-state index is 13.8. The molecule has 2 aromatic rings. The molecular weight excluding hydrogens is 270 g/mol. The van der Waals surface area contributed by atoms with E-state index in [2.05, 4.69) is 10.3 Å². The van der Waals surface area contributed by atoms with Crippen molar-refractivity contribution in [2.75, 3.05) is 6.54 Å². The van der Waals surface area contributed by atoms with Gasteiger partial charge >= 0.3 is 0 Å². The van der Waals surface area contributed by atoms with Crippen molar-refractivity contribution in [2.24, 2.45) is 0 Å². The zero-order chi connectivity index (χ0) is 15.4. The summed E-state index contributed by atoms with van der Waals surface area (Å²) >= 11 is 0. The first-order valence-corrected chi connectivity index (χ1v) is 7.12. The highest BCUT2D eigenvalue weighted by atomic mass is 19.1. The van der Waals surface area contributed by atoms with Gasteiger partial charge in [0.15, 0.2) is 0 Å². The Balaban J connectivity index is 2.30. The Bertz CT molecular complexity index is 606. The average molecular weight is 290 g/mol. The van der Waals surface area contributed by atoms with Gasteiger partial charge < -0.3 is 5.32 Å². The topological polar surface area (TPSA) is 24.9 Å². The van der Waals surface area contributed by atoms with Gasteiger partial charge in [-0.15, -0.1) is 0 Å². The summed E-state index contributed by atoms with van der Waals surface area (Å²) in [6, 6.07) is 7.72. The number of aryl methyl sites for hydroxylation is 2. The van der Waals surface area contributed by atoms with Crippen molar-refractivity contribution in [3.63, 3.8) is 0 Å². The minimum Gasteiger partial charge on any atom is -0.310 e. The van der Waals surface area contributed by atoms with E-state index in [-0.39, 0.29) is 6.04 Å². The normalized spacial score (nSPS) is 12.4. The quantitative estimate of drug-likeness (QED) is 0.904. The van der Waals surface area contributed by atoms with Crippen molar-refractivity contribution in [3.8, 4) is 0 Å². The molecule has 0 spiro atoms. The molecule has 1 N–H and O–H groups in total. The van der Waals surface area contributed by atoms with E-state index in [9.17, 15) is 8.78 Å². The summed E-state index contributed by atoms with van der Waals surface area (Å²) in [5.74, 6) is -1.05. The molecule has 2 rings (SSSR count). The number of likely N-dealkylation sites (N-methyl/N-ethyl adjacent to an activating group) is 1. The highest BCUT2D eigenvalue weighted by Crippen LogP contribution is 2.22. The number of benzene rings is 1. The van der Waals surface area contributed by atoms with Crippen molar-refractivity contribution in [3.05, 3.63) is 64.5 Å². The Morgan fingerprint density at radius 2 is 1.76 bits per heavy atom. The fourth-order valence-electron chi connectivity index (χ4n) is 2.53. The first-order chi connectivity index (χ1) is 9.99. The second kappa shape index (κ2) is 6.76. The molecule has 1 atom stereocenters.